The molecule has 3 amide bonds. The van der Waals surface area contributed by atoms with E-state index in [-0.39, 0.29) is 24.8 Å². The van der Waals surface area contributed by atoms with E-state index >= 15 is 0 Å². The molecule has 1 aliphatic heterocycles. The predicted octanol–water partition coefficient (Wildman–Crippen LogP) is 3.96. The van der Waals surface area contributed by atoms with Gasteiger partial charge in [0, 0.05) is 5.56 Å². The molecule has 2 aromatic carbocycles. The zero-order valence-corrected chi connectivity index (χ0v) is 18.0. The third-order valence-electron chi connectivity index (χ3n) is 5.34. The van der Waals surface area contributed by atoms with Crippen LogP contribution in [-0.4, -0.2) is 35.3 Å². The molecule has 0 bridgehead atoms. The first-order valence-electron chi connectivity index (χ1n) is 10.5. The highest BCUT2D eigenvalue weighted by Crippen LogP contribution is 2.29. The van der Waals surface area contributed by atoms with Crippen molar-refractivity contribution in [1.29, 1.82) is 0 Å². The number of hydrogen-bond donors (Lipinski definition) is 0. The molecule has 3 aromatic rings. The number of carbonyl (C=O) groups is 3. The van der Waals surface area contributed by atoms with Gasteiger partial charge in [0.1, 0.15) is 17.6 Å². The van der Waals surface area contributed by atoms with Crippen LogP contribution in [0.15, 0.2) is 71.3 Å². The number of hydrogen-bond acceptors (Lipinski definition) is 5. The lowest BCUT2D eigenvalue weighted by atomic mass is 10.1. The van der Waals surface area contributed by atoms with Crippen LogP contribution in [-0.2, 0) is 16.1 Å². The SMILES string of the molecule is CCOc1ccc(N2C(=O)CC(N(Cc3ccco3)C(=O)c3cccc(C)c3)C2=O)cc1. The molecule has 0 aliphatic carbocycles. The molecular formula is C25H24N2O5. The second-order valence-electron chi connectivity index (χ2n) is 7.60. The van der Waals surface area contributed by atoms with Crippen LogP contribution in [0.4, 0.5) is 5.69 Å². The maximum atomic E-state index is 13.4. The van der Waals surface area contributed by atoms with Crippen molar-refractivity contribution >= 4 is 23.4 Å². The summed E-state index contributed by atoms with van der Waals surface area (Å²) in [5.41, 5.74) is 1.84. The van der Waals surface area contributed by atoms with Crippen LogP contribution < -0.4 is 9.64 Å². The van der Waals surface area contributed by atoms with Crippen LogP contribution in [0.2, 0.25) is 0 Å². The summed E-state index contributed by atoms with van der Waals surface area (Å²) in [5.74, 6) is 0.0638. The van der Waals surface area contributed by atoms with E-state index in [1.807, 2.05) is 19.9 Å². The minimum Gasteiger partial charge on any atom is -0.494 e. The van der Waals surface area contributed by atoms with E-state index in [1.165, 1.54) is 11.2 Å². The monoisotopic (exact) mass is 432 g/mol. The van der Waals surface area contributed by atoms with E-state index < -0.39 is 11.9 Å². The molecule has 1 unspecified atom stereocenters. The lowest BCUT2D eigenvalue weighted by molar-refractivity contribution is -0.122. The van der Waals surface area contributed by atoms with E-state index in [0.717, 1.165) is 10.5 Å². The summed E-state index contributed by atoms with van der Waals surface area (Å²) in [4.78, 5) is 42.2. The van der Waals surface area contributed by atoms with Crippen molar-refractivity contribution in [3.8, 4) is 5.75 Å². The highest BCUT2D eigenvalue weighted by molar-refractivity contribution is 6.23. The van der Waals surface area contributed by atoms with Gasteiger partial charge in [-0.2, -0.15) is 0 Å². The standard InChI is InChI=1S/C25H24N2O5/c1-3-31-20-11-9-19(10-12-20)27-23(28)15-22(25(27)30)26(16-21-8-5-13-32-21)24(29)18-7-4-6-17(2)14-18/h4-14,22H,3,15-16H2,1-2H3. The number of carbonyl (C=O) groups excluding carboxylic acids is 3. The van der Waals surface area contributed by atoms with Crippen LogP contribution in [0.25, 0.3) is 0 Å². The topological polar surface area (TPSA) is 80.1 Å². The molecule has 1 atom stereocenters. The van der Waals surface area contributed by atoms with Gasteiger partial charge in [-0.1, -0.05) is 17.7 Å². The number of aryl methyl sites for hydroxylation is 1. The van der Waals surface area contributed by atoms with Crippen LogP contribution in [0, 0.1) is 6.92 Å². The highest BCUT2D eigenvalue weighted by atomic mass is 16.5. The fourth-order valence-corrected chi connectivity index (χ4v) is 3.83. The molecule has 7 nitrogen and oxygen atoms in total. The Labute approximate surface area is 186 Å². The number of furan rings is 1. The highest BCUT2D eigenvalue weighted by Gasteiger charge is 2.44. The number of rotatable bonds is 7. The second kappa shape index (κ2) is 9.09. The molecule has 1 aliphatic rings. The van der Waals surface area contributed by atoms with Crippen molar-refractivity contribution in [3.63, 3.8) is 0 Å². The van der Waals surface area contributed by atoms with E-state index in [1.54, 1.807) is 54.6 Å². The molecule has 1 aromatic heterocycles. The largest absolute Gasteiger partial charge is 0.494 e. The fourth-order valence-electron chi connectivity index (χ4n) is 3.83. The molecular weight excluding hydrogens is 408 g/mol. The van der Waals surface area contributed by atoms with Crippen LogP contribution in [0.5, 0.6) is 5.75 Å². The summed E-state index contributed by atoms with van der Waals surface area (Å²) >= 11 is 0. The van der Waals surface area contributed by atoms with Gasteiger partial charge < -0.3 is 14.1 Å². The average Bonchev–Trinajstić information content (AvgIpc) is 3.40. The molecule has 32 heavy (non-hydrogen) atoms. The Bertz CT molecular complexity index is 1120. The smallest absolute Gasteiger partial charge is 0.257 e. The van der Waals surface area contributed by atoms with E-state index in [9.17, 15) is 14.4 Å². The van der Waals surface area contributed by atoms with Gasteiger partial charge >= 0.3 is 0 Å². The van der Waals surface area contributed by atoms with Gasteiger partial charge in [0.25, 0.3) is 11.8 Å². The third-order valence-corrected chi connectivity index (χ3v) is 5.34. The number of benzene rings is 2. The number of nitrogens with zero attached hydrogens (tertiary/aromatic N) is 2. The second-order valence-corrected chi connectivity index (χ2v) is 7.60. The Hall–Kier alpha value is -3.87. The van der Waals surface area contributed by atoms with Crippen molar-refractivity contribution in [1.82, 2.24) is 4.90 Å². The number of anilines is 1. The molecule has 1 saturated heterocycles. The van der Waals surface area contributed by atoms with Crippen molar-refractivity contribution in [3.05, 3.63) is 83.8 Å². The molecule has 4 rings (SSSR count). The zero-order chi connectivity index (χ0) is 22.7. The molecule has 2 heterocycles. The summed E-state index contributed by atoms with van der Waals surface area (Å²) in [6.07, 6.45) is 1.42. The lowest BCUT2D eigenvalue weighted by Crippen LogP contribution is -2.45. The molecule has 0 N–H and O–H groups in total. The maximum absolute atomic E-state index is 13.4. The number of imide groups is 1. The van der Waals surface area contributed by atoms with Crippen molar-refractivity contribution in [2.45, 2.75) is 32.9 Å². The van der Waals surface area contributed by atoms with Crippen LogP contribution in [0.3, 0.4) is 0 Å². The van der Waals surface area contributed by atoms with Gasteiger partial charge in [-0.3, -0.25) is 14.4 Å². The van der Waals surface area contributed by atoms with Gasteiger partial charge in [-0.05, 0) is 62.4 Å². The lowest BCUT2D eigenvalue weighted by Gasteiger charge is -2.27. The van der Waals surface area contributed by atoms with E-state index in [2.05, 4.69) is 0 Å². The van der Waals surface area contributed by atoms with E-state index in [4.69, 9.17) is 9.15 Å². The first-order valence-corrected chi connectivity index (χ1v) is 10.5. The van der Waals surface area contributed by atoms with Gasteiger partial charge in [-0.15, -0.1) is 0 Å². The maximum Gasteiger partial charge on any atom is 0.257 e. The van der Waals surface area contributed by atoms with Crippen LogP contribution >= 0.6 is 0 Å². The Morgan fingerprint density at radius 2 is 1.91 bits per heavy atom. The first kappa shape index (κ1) is 21.4. The van der Waals surface area contributed by atoms with Gasteiger partial charge in [0.2, 0.25) is 5.91 Å². The van der Waals surface area contributed by atoms with Gasteiger partial charge in [0.15, 0.2) is 0 Å². The average molecular weight is 432 g/mol. The third kappa shape index (κ3) is 4.27. The number of ether oxygens (including phenoxy) is 1. The molecule has 7 heteroatoms. The Balaban J connectivity index is 1.64. The Morgan fingerprint density at radius 3 is 2.56 bits per heavy atom. The van der Waals surface area contributed by atoms with Crippen molar-refractivity contribution < 1.29 is 23.5 Å². The van der Waals surface area contributed by atoms with Crippen molar-refractivity contribution in [2.24, 2.45) is 0 Å². The van der Waals surface area contributed by atoms with E-state index in [0.29, 0.717) is 29.4 Å². The molecule has 1 fully saturated rings. The Morgan fingerprint density at radius 1 is 1.12 bits per heavy atom. The molecule has 0 radical (unpaired) electrons. The predicted molar refractivity (Wildman–Crippen MR) is 118 cm³/mol. The Kier molecular flexibility index (Phi) is 6.07. The molecule has 164 valence electrons. The number of amides is 3. The quantitative estimate of drug-likeness (QED) is 0.528. The molecule has 0 spiro atoms. The minimum atomic E-state index is -0.924. The zero-order valence-electron chi connectivity index (χ0n) is 18.0. The normalized spacial score (nSPS) is 15.8. The van der Waals surface area contributed by atoms with Crippen molar-refractivity contribution in [2.75, 3.05) is 11.5 Å². The summed E-state index contributed by atoms with van der Waals surface area (Å²) in [6, 6.07) is 16.5. The van der Waals surface area contributed by atoms with Gasteiger partial charge in [-0.25, -0.2) is 4.90 Å². The van der Waals surface area contributed by atoms with Gasteiger partial charge in [0.05, 0.1) is 31.5 Å². The van der Waals surface area contributed by atoms with Crippen LogP contribution in [0.1, 0.15) is 35.0 Å². The summed E-state index contributed by atoms with van der Waals surface area (Å²) in [7, 11) is 0. The summed E-state index contributed by atoms with van der Waals surface area (Å²) < 4.78 is 10.9. The molecule has 0 saturated carbocycles. The first-order chi connectivity index (χ1) is 15.5. The summed E-state index contributed by atoms with van der Waals surface area (Å²) in [6.45, 7) is 4.38. The summed E-state index contributed by atoms with van der Waals surface area (Å²) in [5, 5.41) is 0. The fraction of sp³-hybridized carbons (Fsp3) is 0.240. The minimum absolute atomic E-state index is 0.0839.